The van der Waals surface area contributed by atoms with Crippen LogP contribution in [0.3, 0.4) is 0 Å². The van der Waals surface area contributed by atoms with Crippen molar-refractivity contribution in [2.45, 2.75) is 26.3 Å². The van der Waals surface area contributed by atoms with E-state index in [0.29, 0.717) is 13.0 Å². The molecule has 0 bridgehead atoms. The maximum Gasteiger partial charge on any atom is 0.244 e. The highest BCUT2D eigenvalue weighted by Gasteiger charge is 2.21. The third-order valence-electron chi connectivity index (χ3n) is 4.29. The van der Waals surface area contributed by atoms with Crippen LogP contribution in [0.1, 0.15) is 29.5 Å². The number of carbonyl (C=O) groups excluding carboxylic acids is 2. The van der Waals surface area contributed by atoms with Gasteiger partial charge in [-0.2, -0.15) is 0 Å². The van der Waals surface area contributed by atoms with Crippen molar-refractivity contribution in [3.8, 4) is 0 Å². The minimum absolute atomic E-state index is 0.126. The fourth-order valence-corrected chi connectivity index (χ4v) is 2.81. The summed E-state index contributed by atoms with van der Waals surface area (Å²) in [5.41, 5.74) is 4.13. The lowest BCUT2D eigenvalue weighted by molar-refractivity contribution is -0.117. The summed E-state index contributed by atoms with van der Waals surface area (Å²) in [7, 11) is 0. The van der Waals surface area contributed by atoms with Gasteiger partial charge in [0, 0.05) is 31.3 Å². The Morgan fingerprint density at radius 3 is 2.48 bits per heavy atom. The Morgan fingerprint density at radius 1 is 1.12 bits per heavy atom. The van der Waals surface area contributed by atoms with Crippen molar-refractivity contribution in [3.63, 3.8) is 0 Å². The number of rotatable bonds is 5. The Labute approximate surface area is 148 Å². The second kappa shape index (κ2) is 7.79. The van der Waals surface area contributed by atoms with Gasteiger partial charge in [0.05, 0.1) is 0 Å². The van der Waals surface area contributed by atoms with Crippen LogP contribution in [0.15, 0.2) is 54.6 Å². The highest BCUT2D eigenvalue weighted by molar-refractivity contribution is 5.95. The predicted octanol–water partition coefficient (Wildman–Crippen LogP) is 3.45. The number of benzene rings is 2. The highest BCUT2D eigenvalue weighted by atomic mass is 16.2. The Kier molecular flexibility index (Phi) is 5.29. The molecule has 1 aliphatic heterocycles. The lowest BCUT2D eigenvalue weighted by Crippen LogP contribution is -2.23. The maximum absolute atomic E-state index is 11.9. The van der Waals surface area contributed by atoms with Gasteiger partial charge in [-0.15, -0.1) is 0 Å². The van der Waals surface area contributed by atoms with Crippen LogP contribution in [0.25, 0.3) is 6.08 Å². The summed E-state index contributed by atoms with van der Waals surface area (Å²) < 4.78 is 0. The van der Waals surface area contributed by atoms with Gasteiger partial charge < -0.3 is 10.2 Å². The minimum atomic E-state index is -0.126. The third kappa shape index (κ3) is 4.57. The molecule has 0 unspecified atom stereocenters. The van der Waals surface area contributed by atoms with E-state index in [1.54, 1.807) is 12.2 Å². The summed E-state index contributed by atoms with van der Waals surface area (Å²) >= 11 is 0. The molecule has 1 heterocycles. The molecule has 1 N–H and O–H groups in total. The van der Waals surface area contributed by atoms with Crippen molar-refractivity contribution in [3.05, 3.63) is 71.3 Å². The molecule has 2 amide bonds. The molecule has 2 aromatic carbocycles. The van der Waals surface area contributed by atoms with Crippen LogP contribution in [0.2, 0.25) is 0 Å². The number of nitrogens with zero attached hydrogens (tertiary/aromatic N) is 1. The average molecular weight is 334 g/mol. The van der Waals surface area contributed by atoms with E-state index in [-0.39, 0.29) is 11.8 Å². The molecule has 1 aliphatic rings. The molecular formula is C21H22N2O2. The number of carbonyl (C=O) groups is 2. The Balaban J connectivity index is 1.51. The third-order valence-corrected chi connectivity index (χ3v) is 4.29. The van der Waals surface area contributed by atoms with Crippen molar-refractivity contribution in [1.29, 1.82) is 0 Å². The molecular weight excluding hydrogens is 312 g/mol. The molecule has 1 fully saturated rings. The van der Waals surface area contributed by atoms with Crippen molar-refractivity contribution in [2.75, 3.05) is 11.4 Å². The minimum Gasteiger partial charge on any atom is -0.348 e. The van der Waals surface area contributed by atoms with Crippen LogP contribution in [0, 0.1) is 6.92 Å². The molecule has 4 nitrogen and oxygen atoms in total. The number of hydrogen-bond acceptors (Lipinski definition) is 2. The number of amides is 2. The molecule has 0 aromatic heterocycles. The fourth-order valence-electron chi connectivity index (χ4n) is 2.81. The molecule has 1 saturated heterocycles. The fraction of sp³-hybridized carbons (Fsp3) is 0.238. The Morgan fingerprint density at radius 2 is 1.84 bits per heavy atom. The van der Waals surface area contributed by atoms with Gasteiger partial charge in [-0.05, 0) is 42.7 Å². The van der Waals surface area contributed by atoms with Gasteiger partial charge in [0.2, 0.25) is 11.8 Å². The van der Waals surface area contributed by atoms with E-state index in [9.17, 15) is 9.59 Å². The first-order valence-electron chi connectivity index (χ1n) is 8.54. The average Bonchev–Trinajstić information content (AvgIpc) is 3.06. The molecule has 2 aromatic rings. The molecule has 0 saturated carbocycles. The molecule has 128 valence electrons. The first-order chi connectivity index (χ1) is 12.1. The lowest BCUT2D eigenvalue weighted by atomic mass is 10.1. The first kappa shape index (κ1) is 17.0. The Hall–Kier alpha value is -2.88. The van der Waals surface area contributed by atoms with E-state index in [1.165, 1.54) is 5.56 Å². The van der Waals surface area contributed by atoms with Gasteiger partial charge in [0.1, 0.15) is 0 Å². The predicted molar refractivity (Wildman–Crippen MR) is 100 cm³/mol. The van der Waals surface area contributed by atoms with Crippen molar-refractivity contribution >= 4 is 23.6 Å². The van der Waals surface area contributed by atoms with Gasteiger partial charge in [-0.1, -0.05) is 42.0 Å². The van der Waals surface area contributed by atoms with Gasteiger partial charge >= 0.3 is 0 Å². The smallest absolute Gasteiger partial charge is 0.244 e. The van der Waals surface area contributed by atoms with Crippen LogP contribution in [0.4, 0.5) is 5.69 Å². The summed E-state index contributed by atoms with van der Waals surface area (Å²) in [6, 6.07) is 15.8. The quantitative estimate of drug-likeness (QED) is 0.852. The lowest BCUT2D eigenvalue weighted by Gasteiger charge is -2.15. The zero-order valence-corrected chi connectivity index (χ0v) is 14.4. The second-order valence-electron chi connectivity index (χ2n) is 6.28. The molecule has 25 heavy (non-hydrogen) atoms. The Bertz CT molecular complexity index is 777. The number of nitrogens with one attached hydrogen (secondary N) is 1. The molecule has 0 atom stereocenters. The number of anilines is 1. The summed E-state index contributed by atoms with van der Waals surface area (Å²) in [5, 5.41) is 2.87. The van der Waals surface area contributed by atoms with Crippen LogP contribution < -0.4 is 10.2 Å². The number of aryl methyl sites for hydroxylation is 1. The van der Waals surface area contributed by atoms with Crippen molar-refractivity contribution in [1.82, 2.24) is 5.32 Å². The van der Waals surface area contributed by atoms with E-state index < -0.39 is 0 Å². The zero-order chi connectivity index (χ0) is 17.6. The monoisotopic (exact) mass is 334 g/mol. The van der Waals surface area contributed by atoms with E-state index in [2.05, 4.69) is 5.32 Å². The van der Waals surface area contributed by atoms with Gasteiger partial charge in [-0.25, -0.2) is 0 Å². The van der Waals surface area contributed by atoms with Crippen LogP contribution in [-0.2, 0) is 16.1 Å². The molecule has 4 heteroatoms. The summed E-state index contributed by atoms with van der Waals surface area (Å²) in [5.74, 6) is 0.0571. The normalized spacial score (nSPS) is 14.3. The molecule has 3 rings (SSSR count). The largest absolute Gasteiger partial charge is 0.348 e. The van der Waals surface area contributed by atoms with Gasteiger partial charge in [0.15, 0.2) is 0 Å². The summed E-state index contributed by atoms with van der Waals surface area (Å²) in [4.78, 5) is 25.5. The van der Waals surface area contributed by atoms with Crippen LogP contribution in [-0.4, -0.2) is 18.4 Å². The zero-order valence-electron chi connectivity index (χ0n) is 14.4. The van der Waals surface area contributed by atoms with Gasteiger partial charge in [-0.3, -0.25) is 9.59 Å². The van der Waals surface area contributed by atoms with Crippen molar-refractivity contribution < 1.29 is 9.59 Å². The standard InChI is InChI=1S/C21H22N2O2/c1-16-4-6-17(7-5-16)10-13-20(24)22-15-18-8-11-19(12-9-18)23-14-2-3-21(23)25/h4-13H,2-3,14-15H2,1H3,(H,22,24)/b13-10+. The summed E-state index contributed by atoms with van der Waals surface area (Å²) in [6.45, 7) is 3.29. The summed E-state index contributed by atoms with van der Waals surface area (Å²) in [6.07, 6.45) is 4.90. The molecule has 0 spiro atoms. The molecule has 0 aliphatic carbocycles. The van der Waals surface area contributed by atoms with Crippen molar-refractivity contribution in [2.24, 2.45) is 0 Å². The SMILES string of the molecule is Cc1ccc(/C=C/C(=O)NCc2ccc(N3CCCC3=O)cc2)cc1. The second-order valence-corrected chi connectivity index (χ2v) is 6.28. The van der Waals surface area contributed by atoms with E-state index in [1.807, 2.05) is 60.4 Å². The highest BCUT2D eigenvalue weighted by Crippen LogP contribution is 2.21. The molecule has 0 radical (unpaired) electrons. The van der Waals surface area contributed by atoms with Crippen LogP contribution >= 0.6 is 0 Å². The number of hydrogen-bond donors (Lipinski definition) is 1. The topological polar surface area (TPSA) is 49.4 Å². The van der Waals surface area contributed by atoms with Crippen LogP contribution in [0.5, 0.6) is 0 Å². The van der Waals surface area contributed by atoms with E-state index in [4.69, 9.17) is 0 Å². The van der Waals surface area contributed by atoms with E-state index in [0.717, 1.165) is 29.8 Å². The van der Waals surface area contributed by atoms with E-state index >= 15 is 0 Å². The first-order valence-corrected chi connectivity index (χ1v) is 8.54. The van der Waals surface area contributed by atoms with Gasteiger partial charge in [0.25, 0.3) is 0 Å². The maximum atomic E-state index is 11.9.